The molecule has 2 aromatic carbocycles. The van der Waals surface area contributed by atoms with Crippen molar-refractivity contribution in [3.8, 4) is 0 Å². The quantitative estimate of drug-likeness (QED) is 0.794. The van der Waals surface area contributed by atoms with Crippen LogP contribution >= 0.6 is 0 Å². The average molecular weight is 388 g/mol. The monoisotopic (exact) mass is 388 g/mol. The highest BCUT2D eigenvalue weighted by Crippen LogP contribution is 2.27. The van der Waals surface area contributed by atoms with Gasteiger partial charge in [0.05, 0.1) is 17.9 Å². The Morgan fingerprint density at radius 3 is 2.33 bits per heavy atom. The van der Waals surface area contributed by atoms with Crippen LogP contribution in [0.4, 0.5) is 11.4 Å². The van der Waals surface area contributed by atoms with E-state index in [4.69, 9.17) is 0 Å². The Balaban J connectivity index is 1.76. The smallest absolute Gasteiger partial charge is 0.311 e. The minimum atomic E-state index is -3.74. The molecule has 0 bridgehead atoms. The van der Waals surface area contributed by atoms with Crippen molar-refractivity contribution < 1.29 is 22.7 Å². The SMILES string of the molecule is COC(=O)[C@H]1CC(=O)N(c2ccc(S(=O)(=O)Nc3ccc(C)cc3)cc2)C1. The van der Waals surface area contributed by atoms with E-state index in [1.54, 1.807) is 24.3 Å². The van der Waals surface area contributed by atoms with Crippen molar-refractivity contribution in [3.05, 3.63) is 54.1 Å². The second-order valence-corrected chi connectivity index (χ2v) is 8.08. The van der Waals surface area contributed by atoms with Crippen molar-refractivity contribution in [3.63, 3.8) is 0 Å². The predicted octanol–water partition coefficient (Wildman–Crippen LogP) is 2.32. The van der Waals surface area contributed by atoms with Gasteiger partial charge >= 0.3 is 5.97 Å². The molecule has 1 heterocycles. The summed E-state index contributed by atoms with van der Waals surface area (Å²) in [4.78, 5) is 25.3. The Kier molecular flexibility index (Phi) is 5.18. The number of rotatable bonds is 5. The minimum absolute atomic E-state index is 0.0850. The average Bonchev–Trinajstić information content (AvgIpc) is 3.04. The van der Waals surface area contributed by atoms with Crippen LogP contribution in [0, 0.1) is 12.8 Å². The van der Waals surface area contributed by atoms with Crippen LogP contribution < -0.4 is 9.62 Å². The van der Waals surface area contributed by atoms with Gasteiger partial charge in [0.15, 0.2) is 0 Å². The molecule has 3 rings (SSSR count). The van der Waals surface area contributed by atoms with E-state index in [1.165, 1.54) is 24.1 Å². The van der Waals surface area contributed by atoms with E-state index in [1.807, 2.05) is 19.1 Å². The minimum Gasteiger partial charge on any atom is -0.469 e. The van der Waals surface area contributed by atoms with Gasteiger partial charge in [0.2, 0.25) is 5.91 Å². The van der Waals surface area contributed by atoms with Crippen LogP contribution in [-0.2, 0) is 24.3 Å². The molecule has 0 spiro atoms. The van der Waals surface area contributed by atoms with Gasteiger partial charge in [-0.15, -0.1) is 0 Å². The first-order valence-corrected chi connectivity index (χ1v) is 9.86. The Hall–Kier alpha value is -2.87. The van der Waals surface area contributed by atoms with E-state index in [0.717, 1.165) is 5.56 Å². The van der Waals surface area contributed by atoms with Gasteiger partial charge in [-0.25, -0.2) is 8.42 Å². The van der Waals surface area contributed by atoms with Gasteiger partial charge in [0.25, 0.3) is 10.0 Å². The highest BCUT2D eigenvalue weighted by atomic mass is 32.2. The number of esters is 1. The summed E-state index contributed by atoms with van der Waals surface area (Å²) < 4.78 is 32.2. The largest absolute Gasteiger partial charge is 0.469 e. The van der Waals surface area contributed by atoms with Crippen LogP contribution in [0.3, 0.4) is 0 Å². The summed E-state index contributed by atoms with van der Waals surface area (Å²) in [5.74, 6) is -1.12. The maximum Gasteiger partial charge on any atom is 0.311 e. The van der Waals surface area contributed by atoms with Crippen LogP contribution in [0.1, 0.15) is 12.0 Å². The van der Waals surface area contributed by atoms with E-state index in [9.17, 15) is 18.0 Å². The molecule has 1 aliphatic heterocycles. The number of aryl methyl sites for hydroxylation is 1. The third-order valence-electron chi connectivity index (χ3n) is 4.42. The molecule has 0 aliphatic carbocycles. The van der Waals surface area contributed by atoms with Crippen LogP contribution in [-0.4, -0.2) is 33.9 Å². The summed E-state index contributed by atoms with van der Waals surface area (Å²) in [7, 11) is -2.45. The van der Waals surface area contributed by atoms with Crippen molar-refractivity contribution in [2.45, 2.75) is 18.2 Å². The first kappa shape index (κ1) is 18.9. The molecule has 1 amide bonds. The molecule has 0 unspecified atom stereocenters. The third-order valence-corrected chi connectivity index (χ3v) is 5.82. The van der Waals surface area contributed by atoms with Gasteiger partial charge in [0.1, 0.15) is 0 Å². The molecular formula is C19H20N2O5S. The summed E-state index contributed by atoms with van der Waals surface area (Å²) in [6.45, 7) is 2.14. The van der Waals surface area contributed by atoms with Gasteiger partial charge in [-0.3, -0.25) is 14.3 Å². The lowest BCUT2D eigenvalue weighted by Crippen LogP contribution is -2.26. The normalized spacial score (nSPS) is 17.0. The number of methoxy groups -OCH3 is 1. The zero-order valence-corrected chi connectivity index (χ0v) is 15.8. The molecule has 1 N–H and O–H groups in total. The second kappa shape index (κ2) is 7.40. The lowest BCUT2D eigenvalue weighted by molar-refractivity contribution is -0.145. The Morgan fingerprint density at radius 1 is 1.11 bits per heavy atom. The van der Waals surface area contributed by atoms with E-state index in [2.05, 4.69) is 9.46 Å². The Bertz CT molecular complexity index is 953. The Labute approximate surface area is 158 Å². The standard InChI is InChI=1S/C19H20N2O5S/c1-13-3-5-15(6-4-13)20-27(24,25)17-9-7-16(8-10-17)21-12-14(11-18(21)22)19(23)26-2/h3-10,14,20H,11-12H2,1-2H3/t14-/m0/s1. The molecule has 1 aliphatic rings. The molecule has 8 heteroatoms. The molecule has 0 radical (unpaired) electrons. The van der Waals surface area contributed by atoms with Crippen molar-refractivity contribution >= 4 is 33.3 Å². The molecule has 1 fully saturated rings. The lowest BCUT2D eigenvalue weighted by Gasteiger charge is -2.17. The number of nitrogens with zero attached hydrogens (tertiary/aromatic N) is 1. The topological polar surface area (TPSA) is 92.8 Å². The van der Waals surface area contributed by atoms with Crippen molar-refractivity contribution in [1.29, 1.82) is 0 Å². The summed E-state index contributed by atoms with van der Waals surface area (Å²) in [6, 6.07) is 13.0. The van der Waals surface area contributed by atoms with Crippen molar-refractivity contribution in [1.82, 2.24) is 0 Å². The molecule has 7 nitrogen and oxygen atoms in total. The molecule has 27 heavy (non-hydrogen) atoms. The number of benzene rings is 2. The van der Waals surface area contributed by atoms with Crippen LogP contribution in [0.25, 0.3) is 0 Å². The number of sulfonamides is 1. The number of carbonyl (C=O) groups excluding carboxylic acids is 2. The second-order valence-electron chi connectivity index (χ2n) is 6.39. The summed E-state index contributed by atoms with van der Waals surface area (Å²) in [5.41, 5.74) is 2.05. The highest BCUT2D eigenvalue weighted by molar-refractivity contribution is 7.92. The molecule has 1 atom stereocenters. The van der Waals surface area contributed by atoms with E-state index in [0.29, 0.717) is 11.4 Å². The molecule has 0 saturated carbocycles. The molecular weight excluding hydrogens is 368 g/mol. The molecule has 2 aromatic rings. The van der Waals surface area contributed by atoms with Crippen LogP contribution in [0.5, 0.6) is 0 Å². The van der Waals surface area contributed by atoms with E-state index >= 15 is 0 Å². The fourth-order valence-electron chi connectivity index (χ4n) is 2.92. The third kappa shape index (κ3) is 4.11. The Morgan fingerprint density at radius 2 is 1.74 bits per heavy atom. The van der Waals surface area contributed by atoms with Crippen molar-refractivity contribution in [2.24, 2.45) is 5.92 Å². The zero-order valence-electron chi connectivity index (χ0n) is 15.0. The van der Waals surface area contributed by atoms with E-state index in [-0.39, 0.29) is 23.8 Å². The predicted molar refractivity (Wildman–Crippen MR) is 101 cm³/mol. The number of amides is 1. The molecule has 142 valence electrons. The number of hydrogen-bond donors (Lipinski definition) is 1. The van der Waals surface area contributed by atoms with E-state index < -0.39 is 21.9 Å². The van der Waals surface area contributed by atoms with Crippen LogP contribution in [0.15, 0.2) is 53.4 Å². The first-order chi connectivity index (χ1) is 12.8. The molecule has 1 saturated heterocycles. The number of nitrogens with one attached hydrogen (secondary N) is 1. The van der Waals surface area contributed by atoms with Gasteiger partial charge in [-0.2, -0.15) is 0 Å². The lowest BCUT2D eigenvalue weighted by atomic mass is 10.1. The van der Waals surface area contributed by atoms with Gasteiger partial charge < -0.3 is 9.64 Å². The van der Waals surface area contributed by atoms with Gasteiger partial charge in [0, 0.05) is 24.3 Å². The van der Waals surface area contributed by atoms with Crippen molar-refractivity contribution in [2.75, 3.05) is 23.3 Å². The summed E-state index contributed by atoms with van der Waals surface area (Å²) in [5, 5.41) is 0. The van der Waals surface area contributed by atoms with Gasteiger partial charge in [-0.1, -0.05) is 17.7 Å². The maximum atomic E-state index is 12.5. The van der Waals surface area contributed by atoms with Gasteiger partial charge in [-0.05, 0) is 43.3 Å². The number of carbonyl (C=O) groups is 2. The van der Waals surface area contributed by atoms with Crippen LogP contribution in [0.2, 0.25) is 0 Å². The number of hydrogen-bond acceptors (Lipinski definition) is 5. The first-order valence-electron chi connectivity index (χ1n) is 8.38. The zero-order chi connectivity index (χ0) is 19.6. The summed E-state index contributed by atoms with van der Waals surface area (Å²) >= 11 is 0. The highest BCUT2D eigenvalue weighted by Gasteiger charge is 2.35. The number of ether oxygens (including phenoxy) is 1. The summed E-state index contributed by atoms with van der Waals surface area (Å²) in [6.07, 6.45) is 0.0850. The maximum absolute atomic E-state index is 12.5. The molecule has 0 aromatic heterocycles. The fraction of sp³-hybridized carbons (Fsp3) is 0.263. The number of anilines is 2. The fourth-order valence-corrected chi connectivity index (χ4v) is 3.98.